The van der Waals surface area contributed by atoms with E-state index in [4.69, 9.17) is 0 Å². The van der Waals surface area contributed by atoms with Gasteiger partial charge in [0.05, 0.1) is 0 Å². The predicted octanol–water partition coefficient (Wildman–Crippen LogP) is 3.81. The van der Waals surface area contributed by atoms with Gasteiger partial charge in [-0.05, 0) is 49.5 Å². The first kappa shape index (κ1) is 15.5. The van der Waals surface area contributed by atoms with Gasteiger partial charge in [-0.2, -0.15) is 0 Å². The van der Waals surface area contributed by atoms with E-state index in [0.717, 1.165) is 32.1 Å². The minimum absolute atomic E-state index is 0.928. The van der Waals surface area contributed by atoms with Crippen molar-refractivity contribution in [2.45, 2.75) is 52.6 Å². The number of hydrogen-bond donors (Lipinski definition) is 1. The lowest BCUT2D eigenvalue weighted by atomic mass is 10.1. The highest BCUT2D eigenvalue weighted by Gasteiger charge is 2.13. The van der Waals surface area contributed by atoms with Gasteiger partial charge in [-0.25, -0.2) is 0 Å². The second-order valence-corrected chi connectivity index (χ2v) is 6.06. The summed E-state index contributed by atoms with van der Waals surface area (Å²) in [7, 11) is 0. The van der Waals surface area contributed by atoms with Crippen LogP contribution in [-0.4, -0.2) is 24.5 Å². The van der Waals surface area contributed by atoms with Gasteiger partial charge in [0.2, 0.25) is 0 Å². The quantitative estimate of drug-likeness (QED) is 0.775. The Morgan fingerprint density at radius 3 is 2.20 bits per heavy atom. The molecule has 0 heterocycles. The van der Waals surface area contributed by atoms with Gasteiger partial charge in [0.1, 0.15) is 0 Å². The second kappa shape index (κ2) is 8.43. The lowest BCUT2D eigenvalue weighted by Gasteiger charge is -2.18. The highest BCUT2D eigenvalue weighted by Crippen LogP contribution is 2.23. The summed E-state index contributed by atoms with van der Waals surface area (Å²) < 4.78 is 0. The van der Waals surface area contributed by atoms with Gasteiger partial charge in [0, 0.05) is 13.1 Å². The van der Waals surface area contributed by atoms with Crippen LogP contribution in [-0.2, 0) is 13.1 Å². The van der Waals surface area contributed by atoms with Crippen molar-refractivity contribution in [3.05, 3.63) is 35.4 Å². The summed E-state index contributed by atoms with van der Waals surface area (Å²) in [4.78, 5) is 2.45. The van der Waals surface area contributed by atoms with Gasteiger partial charge in [-0.3, -0.25) is 4.90 Å². The summed E-state index contributed by atoms with van der Waals surface area (Å²) in [6.45, 7) is 9.99. The molecule has 2 nitrogen and oxygen atoms in total. The summed E-state index contributed by atoms with van der Waals surface area (Å²) in [5.41, 5.74) is 2.83. The number of rotatable bonds is 8. The maximum absolute atomic E-state index is 3.62. The lowest BCUT2D eigenvalue weighted by Crippen LogP contribution is -2.22. The Morgan fingerprint density at radius 1 is 1.00 bits per heavy atom. The molecule has 1 N–H and O–H groups in total. The first-order valence-electron chi connectivity index (χ1n) is 8.32. The smallest absolute Gasteiger partial charge is 0.0233 e. The number of nitrogens with one attached hydrogen (secondary N) is 1. The van der Waals surface area contributed by atoms with Crippen LogP contribution in [0.3, 0.4) is 0 Å². The van der Waals surface area contributed by atoms with E-state index in [1.54, 1.807) is 0 Å². The van der Waals surface area contributed by atoms with Gasteiger partial charge in [-0.15, -0.1) is 0 Å². The van der Waals surface area contributed by atoms with E-state index in [-0.39, 0.29) is 0 Å². The van der Waals surface area contributed by atoms with Crippen LogP contribution in [0.2, 0.25) is 0 Å². The van der Waals surface area contributed by atoms with Crippen molar-refractivity contribution in [2.24, 2.45) is 5.92 Å². The Labute approximate surface area is 124 Å². The first-order chi connectivity index (χ1) is 9.81. The van der Waals surface area contributed by atoms with E-state index < -0.39 is 0 Å². The van der Waals surface area contributed by atoms with Crippen LogP contribution in [0.1, 0.15) is 50.7 Å². The van der Waals surface area contributed by atoms with Crippen molar-refractivity contribution in [1.29, 1.82) is 0 Å². The SMILES string of the molecule is CCN(CC)Cc1ccc(CNCC2CCCC2)cc1. The summed E-state index contributed by atoms with van der Waals surface area (Å²) in [6, 6.07) is 9.12. The van der Waals surface area contributed by atoms with Gasteiger partial charge in [0.25, 0.3) is 0 Å². The van der Waals surface area contributed by atoms with Crippen LogP contribution in [0.25, 0.3) is 0 Å². The minimum atomic E-state index is 0.928. The summed E-state index contributed by atoms with van der Waals surface area (Å²) in [6.07, 6.45) is 5.73. The van der Waals surface area contributed by atoms with E-state index in [0.29, 0.717) is 0 Å². The minimum Gasteiger partial charge on any atom is -0.312 e. The van der Waals surface area contributed by atoms with Crippen molar-refractivity contribution in [2.75, 3.05) is 19.6 Å². The monoisotopic (exact) mass is 274 g/mol. The second-order valence-electron chi connectivity index (χ2n) is 6.06. The molecule has 0 saturated heterocycles. The maximum Gasteiger partial charge on any atom is 0.0233 e. The van der Waals surface area contributed by atoms with E-state index in [9.17, 15) is 0 Å². The van der Waals surface area contributed by atoms with Crippen LogP contribution < -0.4 is 5.32 Å². The molecule has 1 saturated carbocycles. The normalized spacial score (nSPS) is 16.1. The molecule has 1 aromatic rings. The molecule has 2 heteroatoms. The highest BCUT2D eigenvalue weighted by atomic mass is 15.1. The van der Waals surface area contributed by atoms with E-state index in [1.807, 2.05) is 0 Å². The molecule has 0 unspecified atom stereocenters. The van der Waals surface area contributed by atoms with Crippen molar-refractivity contribution < 1.29 is 0 Å². The van der Waals surface area contributed by atoms with Crippen LogP contribution in [0.4, 0.5) is 0 Å². The average molecular weight is 274 g/mol. The Kier molecular flexibility index (Phi) is 6.55. The van der Waals surface area contributed by atoms with Crippen molar-refractivity contribution in [3.63, 3.8) is 0 Å². The molecule has 0 atom stereocenters. The van der Waals surface area contributed by atoms with E-state index >= 15 is 0 Å². The third-order valence-corrected chi connectivity index (χ3v) is 4.56. The van der Waals surface area contributed by atoms with Crippen LogP contribution in [0, 0.1) is 5.92 Å². The number of nitrogens with zero attached hydrogens (tertiary/aromatic N) is 1. The summed E-state index contributed by atoms with van der Waals surface area (Å²) in [5.74, 6) is 0.928. The zero-order chi connectivity index (χ0) is 14.2. The molecule has 1 aliphatic rings. The molecule has 0 radical (unpaired) electrons. The molecule has 20 heavy (non-hydrogen) atoms. The van der Waals surface area contributed by atoms with Crippen molar-refractivity contribution in [1.82, 2.24) is 10.2 Å². The fourth-order valence-corrected chi connectivity index (χ4v) is 3.10. The zero-order valence-electron chi connectivity index (χ0n) is 13.2. The Morgan fingerprint density at radius 2 is 1.60 bits per heavy atom. The van der Waals surface area contributed by atoms with Crippen molar-refractivity contribution in [3.8, 4) is 0 Å². The largest absolute Gasteiger partial charge is 0.312 e. The Balaban J connectivity index is 1.73. The standard InChI is InChI=1S/C18H30N2/c1-3-20(4-2)15-18-11-9-17(10-12-18)14-19-13-16-7-5-6-8-16/h9-12,16,19H,3-8,13-15H2,1-2H3. The lowest BCUT2D eigenvalue weighted by molar-refractivity contribution is 0.296. The molecule has 0 bridgehead atoms. The van der Waals surface area contributed by atoms with Crippen LogP contribution in [0.5, 0.6) is 0 Å². The average Bonchev–Trinajstić information content (AvgIpc) is 2.99. The summed E-state index contributed by atoms with van der Waals surface area (Å²) >= 11 is 0. The molecule has 0 aliphatic heterocycles. The zero-order valence-corrected chi connectivity index (χ0v) is 13.2. The molecule has 0 aromatic heterocycles. The molecule has 0 spiro atoms. The molecular weight excluding hydrogens is 244 g/mol. The molecule has 0 amide bonds. The topological polar surface area (TPSA) is 15.3 Å². The molecule has 2 rings (SSSR count). The molecule has 1 aromatic carbocycles. The molecular formula is C18H30N2. The molecule has 112 valence electrons. The fourth-order valence-electron chi connectivity index (χ4n) is 3.10. The number of hydrogen-bond acceptors (Lipinski definition) is 2. The van der Waals surface area contributed by atoms with Crippen molar-refractivity contribution >= 4 is 0 Å². The van der Waals surface area contributed by atoms with Crippen LogP contribution >= 0.6 is 0 Å². The van der Waals surface area contributed by atoms with Gasteiger partial charge in [0.15, 0.2) is 0 Å². The third kappa shape index (κ3) is 4.92. The molecule has 1 fully saturated rings. The van der Waals surface area contributed by atoms with Crippen LogP contribution in [0.15, 0.2) is 24.3 Å². The molecule has 1 aliphatic carbocycles. The summed E-state index contributed by atoms with van der Waals surface area (Å²) in [5, 5.41) is 3.62. The maximum atomic E-state index is 3.62. The van der Waals surface area contributed by atoms with Gasteiger partial charge >= 0.3 is 0 Å². The highest BCUT2D eigenvalue weighted by molar-refractivity contribution is 5.22. The first-order valence-corrected chi connectivity index (χ1v) is 8.32. The van der Waals surface area contributed by atoms with E-state index in [1.165, 1.54) is 43.4 Å². The number of benzene rings is 1. The third-order valence-electron chi connectivity index (χ3n) is 4.56. The Bertz CT molecular complexity index is 362. The van der Waals surface area contributed by atoms with Gasteiger partial charge in [-0.1, -0.05) is 51.0 Å². The van der Waals surface area contributed by atoms with E-state index in [2.05, 4.69) is 48.3 Å². The van der Waals surface area contributed by atoms with Gasteiger partial charge < -0.3 is 5.32 Å². The fraction of sp³-hybridized carbons (Fsp3) is 0.667. The predicted molar refractivity (Wildman–Crippen MR) is 86.7 cm³/mol. The Hall–Kier alpha value is -0.860.